The Morgan fingerprint density at radius 3 is 2.71 bits per heavy atom. The zero-order valence-corrected chi connectivity index (χ0v) is 24.4. The highest BCUT2D eigenvalue weighted by Crippen LogP contribution is 2.35. The number of nitrogens with zero attached hydrogens (tertiary/aromatic N) is 6. The van der Waals surface area contributed by atoms with Crippen LogP contribution in [0.1, 0.15) is 99.3 Å². The molecule has 1 amide bonds. The lowest BCUT2D eigenvalue weighted by Crippen LogP contribution is -2.29. The summed E-state index contributed by atoms with van der Waals surface area (Å²) in [7, 11) is 0. The van der Waals surface area contributed by atoms with Crippen molar-refractivity contribution >= 4 is 17.1 Å². The summed E-state index contributed by atoms with van der Waals surface area (Å²) >= 11 is 0. The zero-order valence-electron chi connectivity index (χ0n) is 24.4. The molecule has 0 bridgehead atoms. The molecule has 1 aromatic carbocycles. The predicted molar refractivity (Wildman–Crippen MR) is 156 cm³/mol. The Balaban J connectivity index is 1.31. The third kappa shape index (κ3) is 5.14. The number of aryl methyl sites for hydroxylation is 2. The summed E-state index contributed by atoms with van der Waals surface area (Å²) < 4.78 is 7.25. The second-order valence-electron chi connectivity index (χ2n) is 12.2. The Morgan fingerprint density at radius 1 is 1.15 bits per heavy atom. The lowest BCUT2D eigenvalue weighted by Gasteiger charge is -2.19. The molecule has 0 spiro atoms. The average molecular weight is 553 g/mol. The second kappa shape index (κ2) is 10.2. The first-order chi connectivity index (χ1) is 19.6. The van der Waals surface area contributed by atoms with E-state index in [0.717, 1.165) is 65.0 Å². The number of imidazole rings is 1. The molecule has 1 atom stereocenters. The zero-order chi connectivity index (χ0) is 28.9. The summed E-state index contributed by atoms with van der Waals surface area (Å²) in [4.78, 5) is 30.3. The van der Waals surface area contributed by atoms with E-state index in [9.17, 15) is 4.79 Å². The summed E-state index contributed by atoms with van der Waals surface area (Å²) in [6.45, 7) is 12.2. The van der Waals surface area contributed by atoms with Crippen molar-refractivity contribution in [3.05, 3.63) is 65.2 Å². The van der Waals surface area contributed by atoms with Crippen LogP contribution in [-0.4, -0.2) is 40.8 Å². The van der Waals surface area contributed by atoms with Crippen LogP contribution in [0.4, 0.5) is 0 Å². The average Bonchev–Trinajstić information content (AvgIpc) is 3.65. The molecule has 0 saturated heterocycles. The SMILES string of the molecule is Cc1nn(C(C)C)cc1-c1nc2nccc(-c3ccc4c(c3)CCCC[C@@H]4NC(=O)c3nc(C(C)(C)C)no3)c2[nH]1. The molecule has 6 rings (SSSR count). The second-order valence-corrected chi connectivity index (χ2v) is 12.2. The largest absolute Gasteiger partial charge is 0.341 e. The van der Waals surface area contributed by atoms with Crippen LogP contribution in [0.25, 0.3) is 33.7 Å². The molecule has 0 unspecified atom stereocenters. The van der Waals surface area contributed by atoms with Gasteiger partial charge >= 0.3 is 11.8 Å². The van der Waals surface area contributed by atoms with E-state index in [2.05, 4.69) is 62.6 Å². The van der Waals surface area contributed by atoms with Gasteiger partial charge in [-0.2, -0.15) is 10.1 Å². The highest BCUT2D eigenvalue weighted by molar-refractivity contribution is 5.92. The lowest BCUT2D eigenvalue weighted by atomic mass is 9.94. The molecular weight excluding hydrogens is 516 g/mol. The molecule has 1 aliphatic rings. The number of benzene rings is 1. The van der Waals surface area contributed by atoms with Gasteiger partial charge < -0.3 is 14.8 Å². The molecule has 10 nitrogen and oxygen atoms in total. The number of fused-ring (bicyclic) bond motifs is 2. The minimum Gasteiger partial charge on any atom is -0.341 e. The van der Waals surface area contributed by atoms with Crippen LogP contribution >= 0.6 is 0 Å². The standard InChI is InChI=1S/C31H36N8O2/c1-17(2)39-16-23(18(3)37-39)26-34-25-22(13-14-32-27(25)35-26)20-11-12-21-19(15-20)9-7-8-10-24(21)33-28(40)29-36-30(38-41-29)31(4,5)6/h11-17,24H,7-10H2,1-6H3,(H,33,40)(H,32,34,35)/t24-/m0/s1. The minimum absolute atomic E-state index is 0.000688. The first-order valence-corrected chi connectivity index (χ1v) is 14.3. The molecule has 0 saturated carbocycles. The van der Waals surface area contributed by atoms with Crippen molar-refractivity contribution in [3.8, 4) is 22.5 Å². The molecule has 0 fully saturated rings. The van der Waals surface area contributed by atoms with Crippen molar-refractivity contribution in [1.82, 2.24) is 40.2 Å². The Hall–Kier alpha value is -4.34. The number of amides is 1. The topological polar surface area (TPSA) is 127 Å². The maximum atomic E-state index is 13.1. The van der Waals surface area contributed by atoms with Crippen molar-refractivity contribution in [2.45, 2.75) is 84.7 Å². The molecule has 0 radical (unpaired) electrons. The Kier molecular flexibility index (Phi) is 6.71. The van der Waals surface area contributed by atoms with E-state index in [1.54, 1.807) is 6.20 Å². The minimum atomic E-state index is -0.341. The highest BCUT2D eigenvalue weighted by atomic mass is 16.5. The number of pyridine rings is 1. The normalized spacial score (nSPS) is 15.7. The summed E-state index contributed by atoms with van der Waals surface area (Å²) in [5, 5.41) is 11.8. The van der Waals surface area contributed by atoms with Crippen LogP contribution in [0.3, 0.4) is 0 Å². The van der Waals surface area contributed by atoms with Crippen molar-refractivity contribution in [2.75, 3.05) is 0 Å². The van der Waals surface area contributed by atoms with Crippen molar-refractivity contribution in [2.24, 2.45) is 0 Å². The summed E-state index contributed by atoms with van der Waals surface area (Å²) in [5.74, 6) is 0.938. The maximum absolute atomic E-state index is 13.1. The van der Waals surface area contributed by atoms with Gasteiger partial charge in [-0.15, -0.1) is 0 Å². The van der Waals surface area contributed by atoms with Crippen molar-refractivity contribution in [3.63, 3.8) is 0 Å². The predicted octanol–water partition coefficient (Wildman–Crippen LogP) is 6.26. The Labute approximate surface area is 239 Å². The lowest BCUT2D eigenvalue weighted by molar-refractivity contribution is 0.0890. The van der Waals surface area contributed by atoms with Crippen molar-refractivity contribution in [1.29, 1.82) is 0 Å². The monoisotopic (exact) mass is 552 g/mol. The van der Waals surface area contributed by atoms with Crippen LogP contribution in [0.15, 0.2) is 41.2 Å². The van der Waals surface area contributed by atoms with E-state index in [0.29, 0.717) is 11.5 Å². The molecule has 1 aliphatic carbocycles. The third-order valence-electron chi connectivity index (χ3n) is 7.71. The van der Waals surface area contributed by atoms with Crippen LogP contribution in [0.5, 0.6) is 0 Å². The van der Waals surface area contributed by atoms with Gasteiger partial charge in [0.15, 0.2) is 11.5 Å². The molecule has 5 aromatic rings. The van der Waals surface area contributed by atoms with E-state index in [1.807, 2.05) is 44.6 Å². The van der Waals surface area contributed by atoms with Gasteiger partial charge in [-0.3, -0.25) is 9.48 Å². The molecule has 4 heterocycles. The molecule has 4 aromatic heterocycles. The van der Waals surface area contributed by atoms with E-state index < -0.39 is 0 Å². The van der Waals surface area contributed by atoms with Gasteiger partial charge in [-0.25, -0.2) is 9.97 Å². The fourth-order valence-electron chi connectivity index (χ4n) is 5.40. The van der Waals surface area contributed by atoms with Gasteiger partial charge in [0.05, 0.1) is 22.8 Å². The number of rotatable bonds is 5. The Morgan fingerprint density at radius 2 is 1.98 bits per heavy atom. The first-order valence-electron chi connectivity index (χ1n) is 14.3. The summed E-state index contributed by atoms with van der Waals surface area (Å²) in [6.07, 6.45) is 7.70. The number of carbonyl (C=O) groups excluding carboxylic acids is 1. The van der Waals surface area contributed by atoms with E-state index in [1.165, 1.54) is 5.56 Å². The van der Waals surface area contributed by atoms with Gasteiger partial charge in [0, 0.05) is 29.4 Å². The van der Waals surface area contributed by atoms with Crippen LogP contribution in [0, 0.1) is 6.92 Å². The molecule has 41 heavy (non-hydrogen) atoms. The van der Waals surface area contributed by atoms with Crippen LogP contribution in [0.2, 0.25) is 0 Å². The molecular formula is C31H36N8O2. The molecule has 0 aliphatic heterocycles. The number of hydrogen-bond acceptors (Lipinski definition) is 7. The summed E-state index contributed by atoms with van der Waals surface area (Å²) in [5.41, 5.74) is 7.64. The molecule has 212 valence electrons. The number of aromatic amines is 1. The van der Waals surface area contributed by atoms with Gasteiger partial charge in [-0.1, -0.05) is 50.5 Å². The van der Waals surface area contributed by atoms with Gasteiger partial charge in [0.2, 0.25) is 0 Å². The van der Waals surface area contributed by atoms with Crippen molar-refractivity contribution < 1.29 is 9.32 Å². The number of aromatic nitrogens is 7. The van der Waals surface area contributed by atoms with Crippen LogP contribution < -0.4 is 5.32 Å². The Bertz CT molecular complexity index is 1740. The van der Waals surface area contributed by atoms with Gasteiger partial charge in [0.1, 0.15) is 5.82 Å². The smallest absolute Gasteiger partial charge is 0.315 e. The van der Waals surface area contributed by atoms with E-state index in [4.69, 9.17) is 9.51 Å². The highest BCUT2D eigenvalue weighted by Gasteiger charge is 2.27. The quantitative estimate of drug-likeness (QED) is 0.247. The van der Waals surface area contributed by atoms with Crippen LogP contribution in [-0.2, 0) is 11.8 Å². The van der Waals surface area contributed by atoms with Gasteiger partial charge in [-0.05, 0) is 62.8 Å². The summed E-state index contributed by atoms with van der Waals surface area (Å²) in [6, 6.07) is 8.65. The fourth-order valence-corrected chi connectivity index (χ4v) is 5.40. The number of nitrogens with one attached hydrogen (secondary N) is 2. The van der Waals surface area contributed by atoms with E-state index in [-0.39, 0.29) is 29.3 Å². The maximum Gasteiger partial charge on any atom is 0.315 e. The fraction of sp³-hybridized carbons (Fsp3) is 0.419. The number of hydrogen-bond donors (Lipinski definition) is 2. The van der Waals surface area contributed by atoms with E-state index >= 15 is 0 Å². The molecule has 10 heteroatoms. The first kappa shape index (κ1) is 26.9. The third-order valence-corrected chi connectivity index (χ3v) is 7.71. The number of H-pyrrole nitrogens is 1. The molecule has 2 N–H and O–H groups in total. The number of carbonyl (C=O) groups is 1. The van der Waals surface area contributed by atoms with Gasteiger partial charge in [0.25, 0.3) is 0 Å².